The van der Waals surface area contributed by atoms with Crippen molar-refractivity contribution in [1.29, 1.82) is 0 Å². The van der Waals surface area contributed by atoms with Crippen molar-refractivity contribution in [3.8, 4) is 5.69 Å². The molecule has 2 unspecified atom stereocenters. The van der Waals surface area contributed by atoms with E-state index in [2.05, 4.69) is 50.1 Å². The van der Waals surface area contributed by atoms with E-state index in [9.17, 15) is 0 Å². The average molecular weight is 519 g/mol. The molecule has 3 aliphatic rings. The van der Waals surface area contributed by atoms with Gasteiger partial charge in [-0.05, 0) is 43.5 Å². The summed E-state index contributed by atoms with van der Waals surface area (Å²) in [6, 6.07) is 18.7. The molecule has 2 atom stereocenters. The maximum Gasteiger partial charge on any atom is 0.166 e. The van der Waals surface area contributed by atoms with Gasteiger partial charge in [0.2, 0.25) is 0 Å². The van der Waals surface area contributed by atoms with Crippen LogP contribution in [-0.4, -0.2) is 42.4 Å². The monoisotopic (exact) mass is 518 g/mol. The molecule has 3 aliphatic heterocycles. The zero-order valence-electron chi connectivity index (χ0n) is 21.1. The third-order valence-corrected chi connectivity index (χ3v) is 11.5. The summed E-state index contributed by atoms with van der Waals surface area (Å²) in [4.78, 5) is 7.27. The normalized spacial score (nSPS) is 26.3. The van der Waals surface area contributed by atoms with Gasteiger partial charge in [0, 0.05) is 36.7 Å². The maximum atomic E-state index is 6.85. The number of benzene rings is 2. The van der Waals surface area contributed by atoms with Gasteiger partial charge in [-0.2, -0.15) is 5.10 Å². The molecule has 36 heavy (non-hydrogen) atoms. The van der Waals surface area contributed by atoms with Crippen molar-refractivity contribution in [2.75, 3.05) is 25.2 Å². The van der Waals surface area contributed by atoms with Crippen LogP contribution in [0.25, 0.3) is 5.69 Å². The van der Waals surface area contributed by atoms with Crippen LogP contribution in [0.4, 0.5) is 11.5 Å². The number of hydrogen-bond donors (Lipinski definition) is 0. The van der Waals surface area contributed by atoms with Crippen molar-refractivity contribution in [1.82, 2.24) is 9.78 Å². The van der Waals surface area contributed by atoms with E-state index < -0.39 is 6.26 Å². The molecule has 0 amide bonds. The van der Waals surface area contributed by atoms with Crippen molar-refractivity contribution < 1.29 is 9.26 Å². The summed E-state index contributed by atoms with van der Waals surface area (Å²) < 4.78 is 14.7. The van der Waals surface area contributed by atoms with Crippen LogP contribution in [0.15, 0.2) is 70.6 Å². The van der Waals surface area contributed by atoms with Gasteiger partial charge in [0.15, 0.2) is 5.82 Å². The number of likely N-dealkylation sites (N-methyl/N-ethyl adjacent to an activating group) is 1. The molecule has 3 aromatic rings. The van der Waals surface area contributed by atoms with Crippen LogP contribution >= 0.6 is 6.26 Å². The van der Waals surface area contributed by atoms with Gasteiger partial charge in [0.25, 0.3) is 0 Å². The highest BCUT2D eigenvalue weighted by atomic mass is 32.4. The van der Waals surface area contributed by atoms with E-state index in [1.165, 1.54) is 11.3 Å². The standard InChI is InChI=1S/C28H31N4O2PS/c1-19-25-27(32(30-19)20-11-6-5-7-12-20)29-17-24(35(25,36)34-18-21-13-10-16-33-21)26-28(2,3)22-14-8-9-15-23(22)31(26)4/h5-9,11-12,14-15,17,21H,10,13,16,18H2,1-4H3. The zero-order chi connectivity index (χ0) is 25.1. The summed E-state index contributed by atoms with van der Waals surface area (Å²) in [5, 5.41) is 6.86. The molecule has 1 saturated heterocycles. The number of aromatic nitrogens is 2. The predicted octanol–water partition coefficient (Wildman–Crippen LogP) is 5.75. The van der Waals surface area contributed by atoms with E-state index in [-0.39, 0.29) is 11.5 Å². The lowest BCUT2D eigenvalue weighted by Gasteiger charge is -2.34. The first-order chi connectivity index (χ1) is 17.3. The second-order valence-electron chi connectivity index (χ2n) is 10.2. The smallest absolute Gasteiger partial charge is 0.166 e. The topological polar surface area (TPSA) is 51.9 Å². The quantitative estimate of drug-likeness (QED) is 0.412. The van der Waals surface area contributed by atoms with Crippen LogP contribution in [0.2, 0.25) is 0 Å². The Morgan fingerprint density at radius 2 is 1.89 bits per heavy atom. The minimum absolute atomic E-state index is 0.0781. The first-order valence-electron chi connectivity index (χ1n) is 12.5. The van der Waals surface area contributed by atoms with E-state index in [1.807, 2.05) is 48.2 Å². The third-order valence-electron chi connectivity index (χ3n) is 7.50. The Hall–Kier alpha value is -2.57. The van der Waals surface area contributed by atoms with Crippen molar-refractivity contribution in [2.24, 2.45) is 4.99 Å². The van der Waals surface area contributed by atoms with Gasteiger partial charge in [-0.3, -0.25) is 0 Å². The van der Waals surface area contributed by atoms with Crippen LogP contribution in [0.1, 0.15) is 37.9 Å². The number of hydrogen-bond acceptors (Lipinski definition) is 6. The highest BCUT2D eigenvalue weighted by Gasteiger charge is 2.46. The Kier molecular flexibility index (Phi) is 5.80. The highest BCUT2D eigenvalue weighted by Crippen LogP contribution is 2.63. The number of fused-ring (bicyclic) bond motifs is 2. The molecule has 1 aromatic heterocycles. The minimum atomic E-state index is -2.74. The Balaban J connectivity index is 1.56. The zero-order valence-corrected chi connectivity index (χ0v) is 22.9. The second-order valence-corrected chi connectivity index (χ2v) is 14.0. The molecule has 6 rings (SSSR count). The summed E-state index contributed by atoms with van der Waals surface area (Å²) in [7, 11) is 2.12. The fraction of sp³-hybridized carbons (Fsp3) is 0.357. The molecular formula is C28H31N4O2PS. The van der Waals surface area contributed by atoms with Crippen LogP contribution < -0.4 is 10.2 Å². The third kappa shape index (κ3) is 3.56. The second kappa shape index (κ2) is 8.77. The number of nitrogens with zero attached hydrogens (tertiary/aromatic N) is 4. The molecule has 0 bridgehead atoms. The number of aryl methyl sites for hydroxylation is 1. The Morgan fingerprint density at radius 3 is 2.61 bits per heavy atom. The van der Waals surface area contributed by atoms with Crippen molar-refractivity contribution in [3.05, 3.63) is 76.9 Å². The molecule has 4 heterocycles. The molecule has 0 radical (unpaired) electrons. The summed E-state index contributed by atoms with van der Waals surface area (Å²) in [6.07, 6.45) is 1.36. The molecule has 0 spiro atoms. The molecular weight excluding hydrogens is 487 g/mol. The first kappa shape index (κ1) is 23.8. The van der Waals surface area contributed by atoms with E-state index >= 15 is 0 Å². The van der Waals surface area contributed by atoms with Gasteiger partial charge in [0.05, 0.1) is 34.7 Å². The fourth-order valence-electron chi connectivity index (χ4n) is 5.79. The summed E-state index contributed by atoms with van der Waals surface area (Å²) in [5.74, 6) is 0.773. The summed E-state index contributed by atoms with van der Waals surface area (Å²) in [6.45, 7) is 7.82. The molecule has 2 aromatic carbocycles. The SMILES string of the molecule is Cc1nn(-c2ccccc2)c2c1P(=S)(OCC1CCCO1)C(=C1N(C)c3ccccc3C1(C)C)C=N2. The van der Waals surface area contributed by atoms with Gasteiger partial charge < -0.3 is 14.2 Å². The Bertz CT molecular complexity index is 1440. The largest absolute Gasteiger partial charge is 0.376 e. The predicted molar refractivity (Wildman–Crippen MR) is 150 cm³/mol. The Labute approximate surface area is 217 Å². The lowest BCUT2D eigenvalue weighted by atomic mass is 9.84. The number of para-hydroxylation sites is 2. The Morgan fingerprint density at radius 1 is 1.14 bits per heavy atom. The molecule has 0 saturated carbocycles. The highest BCUT2D eigenvalue weighted by molar-refractivity contribution is 8.18. The number of ether oxygens (including phenoxy) is 1. The molecule has 6 nitrogen and oxygen atoms in total. The maximum absolute atomic E-state index is 6.85. The van der Waals surface area contributed by atoms with E-state index in [4.69, 9.17) is 31.2 Å². The lowest BCUT2D eigenvalue weighted by molar-refractivity contribution is 0.0728. The van der Waals surface area contributed by atoms with Gasteiger partial charge in [0.1, 0.15) is 6.26 Å². The molecule has 0 aliphatic carbocycles. The molecule has 186 valence electrons. The van der Waals surface area contributed by atoms with Gasteiger partial charge in [-0.1, -0.05) is 62.1 Å². The fourth-order valence-corrected chi connectivity index (χ4v) is 9.70. The van der Waals surface area contributed by atoms with Crippen LogP contribution in [-0.2, 0) is 26.5 Å². The average Bonchev–Trinajstić information content (AvgIpc) is 3.57. The number of anilines is 1. The number of aliphatic imine (C=N–C) groups is 1. The van der Waals surface area contributed by atoms with E-state index in [0.717, 1.165) is 53.0 Å². The van der Waals surface area contributed by atoms with Crippen molar-refractivity contribution >= 4 is 41.1 Å². The van der Waals surface area contributed by atoms with E-state index in [1.54, 1.807) is 0 Å². The van der Waals surface area contributed by atoms with Crippen LogP contribution in [0.5, 0.6) is 0 Å². The van der Waals surface area contributed by atoms with Crippen LogP contribution in [0.3, 0.4) is 0 Å². The summed E-state index contributed by atoms with van der Waals surface area (Å²) in [5.41, 5.74) is 5.22. The van der Waals surface area contributed by atoms with Crippen molar-refractivity contribution in [2.45, 2.75) is 45.1 Å². The van der Waals surface area contributed by atoms with Crippen molar-refractivity contribution in [3.63, 3.8) is 0 Å². The van der Waals surface area contributed by atoms with Gasteiger partial charge in [-0.15, -0.1) is 0 Å². The van der Waals surface area contributed by atoms with Crippen LogP contribution in [0, 0.1) is 6.92 Å². The number of rotatable bonds is 4. The lowest BCUT2D eigenvalue weighted by Crippen LogP contribution is -2.29. The molecule has 8 heteroatoms. The van der Waals surface area contributed by atoms with Gasteiger partial charge >= 0.3 is 0 Å². The number of allylic oxidation sites excluding steroid dienone is 2. The van der Waals surface area contributed by atoms with Gasteiger partial charge in [-0.25, -0.2) is 9.67 Å². The van der Waals surface area contributed by atoms with E-state index in [0.29, 0.717) is 6.61 Å². The molecule has 0 N–H and O–H groups in total. The summed E-state index contributed by atoms with van der Waals surface area (Å²) >= 11 is 6.62. The molecule has 1 fully saturated rings. The minimum Gasteiger partial charge on any atom is -0.376 e. The first-order valence-corrected chi connectivity index (χ1v) is 15.2.